The number of nitrogens with two attached hydrogens (primary N) is 1. The van der Waals surface area contributed by atoms with Gasteiger partial charge in [0.05, 0.1) is 10.6 Å². The van der Waals surface area contributed by atoms with Gasteiger partial charge in [-0.2, -0.15) is 0 Å². The molecule has 14 heavy (non-hydrogen) atoms. The van der Waals surface area contributed by atoms with Crippen molar-refractivity contribution in [1.29, 1.82) is 0 Å². The summed E-state index contributed by atoms with van der Waals surface area (Å²) in [6.45, 7) is 2.42. The molecule has 0 spiro atoms. The largest absolute Gasteiger partial charge is 0.325 e. The molecular weight excluding hydrogens is 194 g/mol. The Bertz CT molecular complexity index is 423. The Morgan fingerprint density at radius 3 is 2.93 bits per heavy atom. The van der Waals surface area contributed by atoms with Gasteiger partial charge in [0, 0.05) is 12.2 Å². The third-order valence-corrected chi connectivity index (χ3v) is 2.72. The third kappa shape index (κ3) is 1.81. The number of aryl methyl sites for hydroxylation is 1. The summed E-state index contributed by atoms with van der Waals surface area (Å²) < 4.78 is 0. The van der Waals surface area contributed by atoms with Gasteiger partial charge in [-0.3, -0.25) is 0 Å². The second-order valence-corrected chi connectivity index (χ2v) is 3.95. The van der Waals surface area contributed by atoms with E-state index in [4.69, 9.17) is 5.73 Å². The normalized spacial score (nSPS) is 10.4. The summed E-state index contributed by atoms with van der Waals surface area (Å²) in [5, 5.41) is 2.02. The Balaban J connectivity index is 2.48. The minimum Gasteiger partial charge on any atom is -0.325 e. The number of hydrogen-bond donors (Lipinski definition) is 1. The molecule has 0 amide bonds. The highest BCUT2D eigenvalue weighted by Gasteiger charge is 2.04. The van der Waals surface area contributed by atoms with Gasteiger partial charge < -0.3 is 5.73 Å². The lowest BCUT2D eigenvalue weighted by Crippen LogP contribution is -2.02. The maximum atomic E-state index is 5.55. The Morgan fingerprint density at radius 1 is 1.43 bits per heavy atom. The number of nitrogens with zero attached hydrogens (tertiary/aromatic N) is 2. The van der Waals surface area contributed by atoms with Crippen LogP contribution in [0.3, 0.4) is 0 Å². The van der Waals surface area contributed by atoms with Crippen LogP contribution in [-0.4, -0.2) is 9.97 Å². The van der Waals surface area contributed by atoms with Crippen molar-refractivity contribution in [3.63, 3.8) is 0 Å². The molecule has 0 saturated carbocycles. The van der Waals surface area contributed by atoms with Gasteiger partial charge in [-0.1, -0.05) is 6.07 Å². The Morgan fingerprint density at radius 2 is 2.29 bits per heavy atom. The molecule has 2 heterocycles. The fourth-order valence-electron chi connectivity index (χ4n) is 1.25. The highest BCUT2D eigenvalue weighted by Crippen LogP contribution is 2.21. The van der Waals surface area contributed by atoms with Crippen LogP contribution >= 0.6 is 11.3 Å². The topological polar surface area (TPSA) is 51.8 Å². The first-order valence-corrected chi connectivity index (χ1v) is 5.26. The van der Waals surface area contributed by atoms with E-state index in [0.29, 0.717) is 6.54 Å². The fourth-order valence-corrected chi connectivity index (χ4v) is 1.91. The molecule has 0 unspecified atom stereocenters. The first-order chi connectivity index (χ1) is 6.79. The Hall–Kier alpha value is -1.26. The minimum atomic E-state index is 0.460. The van der Waals surface area contributed by atoms with Crippen LogP contribution < -0.4 is 5.73 Å². The van der Waals surface area contributed by atoms with Gasteiger partial charge in [0.15, 0.2) is 5.82 Å². The van der Waals surface area contributed by atoms with Crippen LogP contribution in [0.1, 0.15) is 11.4 Å². The molecule has 0 aliphatic carbocycles. The average molecular weight is 205 g/mol. The first-order valence-electron chi connectivity index (χ1n) is 4.38. The summed E-state index contributed by atoms with van der Waals surface area (Å²) in [6.07, 6.45) is 0. The van der Waals surface area contributed by atoms with Crippen molar-refractivity contribution in [1.82, 2.24) is 9.97 Å². The van der Waals surface area contributed by atoms with Gasteiger partial charge >= 0.3 is 0 Å². The van der Waals surface area contributed by atoms with Crippen molar-refractivity contribution in [3.8, 4) is 10.7 Å². The van der Waals surface area contributed by atoms with Crippen molar-refractivity contribution < 1.29 is 0 Å². The van der Waals surface area contributed by atoms with Gasteiger partial charge in [0.2, 0.25) is 0 Å². The monoisotopic (exact) mass is 205 g/mol. The van der Waals surface area contributed by atoms with Gasteiger partial charge in [0.1, 0.15) is 0 Å². The molecule has 2 rings (SSSR count). The highest BCUT2D eigenvalue weighted by atomic mass is 32.1. The van der Waals surface area contributed by atoms with Crippen LogP contribution in [0.2, 0.25) is 0 Å². The summed E-state index contributed by atoms with van der Waals surface area (Å²) in [7, 11) is 0. The predicted octanol–water partition coefficient (Wildman–Crippen LogP) is 1.97. The quantitative estimate of drug-likeness (QED) is 0.815. The van der Waals surface area contributed by atoms with E-state index < -0.39 is 0 Å². The molecule has 0 fully saturated rings. The molecule has 0 bridgehead atoms. The number of rotatable bonds is 2. The molecule has 72 valence electrons. The molecule has 0 aliphatic heterocycles. The van der Waals surface area contributed by atoms with Crippen LogP contribution in [0, 0.1) is 6.92 Å². The Kier molecular flexibility index (Phi) is 2.56. The van der Waals surface area contributed by atoms with E-state index in [0.717, 1.165) is 22.1 Å². The van der Waals surface area contributed by atoms with Gasteiger partial charge in [-0.25, -0.2) is 9.97 Å². The maximum Gasteiger partial charge on any atom is 0.169 e. The zero-order chi connectivity index (χ0) is 9.97. The first kappa shape index (κ1) is 9.30. The molecule has 0 radical (unpaired) electrons. The van der Waals surface area contributed by atoms with Gasteiger partial charge in [0.25, 0.3) is 0 Å². The van der Waals surface area contributed by atoms with E-state index in [9.17, 15) is 0 Å². The molecule has 3 nitrogen and oxygen atoms in total. The van der Waals surface area contributed by atoms with E-state index in [1.54, 1.807) is 11.3 Å². The number of thiophene rings is 1. The van der Waals surface area contributed by atoms with Crippen LogP contribution in [0.5, 0.6) is 0 Å². The smallest absolute Gasteiger partial charge is 0.169 e. The SMILES string of the molecule is Cc1cc(CN)nc(-c2cccs2)n1. The lowest BCUT2D eigenvalue weighted by molar-refractivity contribution is 0.955. The summed E-state index contributed by atoms with van der Waals surface area (Å²) in [5.41, 5.74) is 7.41. The van der Waals surface area contributed by atoms with Gasteiger partial charge in [-0.15, -0.1) is 11.3 Å². The number of aromatic nitrogens is 2. The van der Waals surface area contributed by atoms with Crippen LogP contribution in [0.15, 0.2) is 23.6 Å². The molecule has 0 aliphatic rings. The highest BCUT2D eigenvalue weighted by molar-refractivity contribution is 7.13. The summed E-state index contributed by atoms with van der Waals surface area (Å²) in [5.74, 6) is 0.778. The summed E-state index contributed by atoms with van der Waals surface area (Å²) >= 11 is 1.64. The zero-order valence-corrected chi connectivity index (χ0v) is 8.71. The van der Waals surface area contributed by atoms with Crippen molar-refractivity contribution in [3.05, 3.63) is 35.0 Å². The molecular formula is C10H11N3S. The van der Waals surface area contributed by atoms with Crippen molar-refractivity contribution in [2.75, 3.05) is 0 Å². The van der Waals surface area contributed by atoms with Crippen LogP contribution in [0.4, 0.5) is 0 Å². The van der Waals surface area contributed by atoms with E-state index >= 15 is 0 Å². The fraction of sp³-hybridized carbons (Fsp3) is 0.200. The standard InChI is InChI=1S/C10H11N3S/c1-7-5-8(6-11)13-10(12-7)9-3-2-4-14-9/h2-5H,6,11H2,1H3. The van der Waals surface area contributed by atoms with Crippen LogP contribution in [-0.2, 0) is 6.54 Å². The average Bonchev–Trinajstić information content (AvgIpc) is 2.69. The molecule has 2 aromatic rings. The van der Waals surface area contributed by atoms with E-state index in [1.807, 2.05) is 30.5 Å². The second-order valence-electron chi connectivity index (χ2n) is 3.01. The summed E-state index contributed by atoms with van der Waals surface area (Å²) in [6, 6.07) is 5.92. The molecule has 4 heteroatoms. The van der Waals surface area contributed by atoms with Gasteiger partial charge in [-0.05, 0) is 24.4 Å². The lowest BCUT2D eigenvalue weighted by atomic mass is 10.3. The summed E-state index contributed by atoms with van der Waals surface area (Å²) in [4.78, 5) is 9.82. The van der Waals surface area contributed by atoms with E-state index in [-0.39, 0.29) is 0 Å². The molecule has 0 saturated heterocycles. The van der Waals surface area contributed by atoms with Crippen molar-refractivity contribution in [2.24, 2.45) is 5.73 Å². The Labute approximate surface area is 86.6 Å². The maximum absolute atomic E-state index is 5.55. The van der Waals surface area contributed by atoms with E-state index in [2.05, 4.69) is 9.97 Å². The predicted molar refractivity (Wildman–Crippen MR) is 58.0 cm³/mol. The lowest BCUT2D eigenvalue weighted by Gasteiger charge is -2.01. The molecule has 0 aromatic carbocycles. The van der Waals surface area contributed by atoms with Crippen molar-refractivity contribution >= 4 is 11.3 Å². The molecule has 0 atom stereocenters. The van der Waals surface area contributed by atoms with Crippen molar-refractivity contribution in [2.45, 2.75) is 13.5 Å². The van der Waals surface area contributed by atoms with Crippen LogP contribution in [0.25, 0.3) is 10.7 Å². The molecule has 2 N–H and O–H groups in total. The third-order valence-electron chi connectivity index (χ3n) is 1.86. The zero-order valence-electron chi connectivity index (χ0n) is 7.90. The number of hydrogen-bond acceptors (Lipinski definition) is 4. The minimum absolute atomic E-state index is 0.460. The molecule has 2 aromatic heterocycles. The van der Waals surface area contributed by atoms with E-state index in [1.165, 1.54) is 0 Å². The second kappa shape index (κ2) is 3.86.